The van der Waals surface area contributed by atoms with Gasteiger partial charge in [0.2, 0.25) is 0 Å². The zero-order valence-corrected chi connectivity index (χ0v) is 15.1. The molecule has 0 heterocycles. The van der Waals surface area contributed by atoms with Gasteiger partial charge >= 0.3 is 0 Å². The van der Waals surface area contributed by atoms with Crippen molar-refractivity contribution in [3.63, 3.8) is 0 Å². The molecule has 4 heteroatoms. The van der Waals surface area contributed by atoms with Crippen LogP contribution in [0.25, 0.3) is 0 Å². The molecular formula is C20H20BrNO2. The lowest BCUT2D eigenvalue weighted by Crippen LogP contribution is -2.22. The fourth-order valence-corrected chi connectivity index (χ4v) is 3.48. The Balaban J connectivity index is 1.80. The van der Waals surface area contributed by atoms with Gasteiger partial charge in [-0.1, -0.05) is 65.2 Å². The van der Waals surface area contributed by atoms with E-state index >= 15 is 0 Å². The number of fused-ring (bicyclic) bond motifs is 2. The minimum atomic E-state index is -0.0684. The Labute approximate surface area is 150 Å². The summed E-state index contributed by atoms with van der Waals surface area (Å²) in [5.41, 5.74) is 2.79. The average Bonchev–Trinajstić information content (AvgIpc) is 2.62. The summed E-state index contributed by atoms with van der Waals surface area (Å²) < 4.78 is 0. The van der Waals surface area contributed by atoms with E-state index in [1.165, 1.54) is 12.8 Å². The molecule has 2 aromatic rings. The van der Waals surface area contributed by atoms with Crippen LogP contribution < -0.4 is 5.32 Å². The number of ketones is 2. The molecule has 0 aromatic heterocycles. The van der Waals surface area contributed by atoms with Crippen molar-refractivity contribution in [3.8, 4) is 0 Å². The van der Waals surface area contributed by atoms with Gasteiger partial charge < -0.3 is 5.32 Å². The number of nitrogens with one attached hydrogen (secondary N) is 1. The molecule has 0 atom stereocenters. The second-order valence-corrected chi connectivity index (χ2v) is 6.75. The van der Waals surface area contributed by atoms with Gasteiger partial charge in [-0.3, -0.25) is 9.59 Å². The van der Waals surface area contributed by atoms with E-state index in [-0.39, 0.29) is 11.6 Å². The van der Waals surface area contributed by atoms with E-state index in [1.54, 1.807) is 30.3 Å². The molecule has 0 bridgehead atoms. The molecular weight excluding hydrogens is 366 g/mol. The molecule has 2 aromatic carbocycles. The van der Waals surface area contributed by atoms with E-state index in [0.717, 1.165) is 30.4 Å². The van der Waals surface area contributed by atoms with Crippen molar-refractivity contribution in [2.24, 2.45) is 0 Å². The molecule has 0 spiro atoms. The lowest BCUT2D eigenvalue weighted by molar-refractivity contribution is 0.0979. The molecule has 0 saturated heterocycles. The van der Waals surface area contributed by atoms with Gasteiger partial charge in [-0.15, -0.1) is 0 Å². The summed E-state index contributed by atoms with van der Waals surface area (Å²) in [5, 5.41) is 4.39. The Morgan fingerprint density at radius 1 is 0.750 bits per heavy atom. The first-order chi connectivity index (χ1) is 11.7. The highest BCUT2D eigenvalue weighted by molar-refractivity contribution is 9.09. The molecule has 1 aliphatic rings. The van der Waals surface area contributed by atoms with Gasteiger partial charge in [-0.25, -0.2) is 0 Å². The van der Waals surface area contributed by atoms with Gasteiger partial charge in [0.15, 0.2) is 11.6 Å². The Morgan fingerprint density at radius 3 is 2.17 bits per heavy atom. The maximum absolute atomic E-state index is 12.9. The van der Waals surface area contributed by atoms with E-state index in [9.17, 15) is 9.59 Å². The summed E-state index contributed by atoms with van der Waals surface area (Å²) in [5.74, 6) is -0.135. The number of alkyl halides is 1. The fourth-order valence-electron chi connectivity index (χ4n) is 3.09. The van der Waals surface area contributed by atoms with Crippen LogP contribution in [0.3, 0.4) is 0 Å². The van der Waals surface area contributed by atoms with Crippen LogP contribution in [0.1, 0.15) is 57.5 Å². The average molecular weight is 386 g/mol. The predicted molar refractivity (Wildman–Crippen MR) is 101 cm³/mol. The van der Waals surface area contributed by atoms with Crippen molar-refractivity contribution < 1.29 is 9.59 Å². The van der Waals surface area contributed by atoms with Crippen LogP contribution in [-0.2, 0) is 0 Å². The van der Waals surface area contributed by atoms with Crippen LogP contribution in [0.5, 0.6) is 0 Å². The number of hydrogen-bond acceptors (Lipinski definition) is 3. The van der Waals surface area contributed by atoms with Crippen molar-refractivity contribution in [3.05, 3.63) is 64.7 Å². The van der Waals surface area contributed by atoms with E-state index in [0.29, 0.717) is 22.3 Å². The molecule has 3 nitrogen and oxygen atoms in total. The van der Waals surface area contributed by atoms with Crippen LogP contribution in [0.2, 0.25) is 0 Å². The number of hydrogen-bond donors (Lipinski definition) is 1. The summed E-state index contributed by atoms with van der Waals surface area (Å²) in [4.78, 5) is 25.5. The molecule has 24 heavy (non-hydrogen) atoms. The standard InChI is InChI=1S/C20H20BrNO2/c21-12-5-1-2-6-13-22-17-11-7-10-16-18(17)20(24)15-9-4-3-8-14(15)19(16)23/h3-4,7-11,22H,1-2,5-6,12-13H2. The van der Waals surface area contributed by atoms with Gasteiger partial charge in [-0.05, 0) is 18.9 Å². The third-order valence-corrected chi connectivity index (χ3v) is 4.89. The second-order valence-electron chi connectivity index (χ2n) is 5.96. The molecule has 1 N–H and O–H groups in total. The summed E-state index contributed by atoms with van der Waals surface area (Å²) >= 11 is 3.44. The van der Waals surface area contributed by atoms with Crippen molar-refractivity contribution >= 4 is 33.2 Å². The summed E-state index contributed by atoms with van der Waals surface area (Å²) in [7, 11) is 0. The molecule has 3 rings (SSSR count). The Bertz CT molecular complexity index is 770. The maximum Gasteiger partial charge on any atom is 0.196 e. The maximum atomic E-state index is 12.9. The molecule has 1 aliphatic carbocycles. The highest BCUT2D eigenvalue weighted by Gasteiger charge is 2.31. The first-order valence-corrected chi connectivity index (χ1v) is 9.47. The van der Waals surface area contributed by atoms with E-state index < -0.39 is 0 Å². The van der Waals surface area contributed by atoms with E-state index in [1.807, 2.05) is 12.1 Å². The summed E-state index contributed by atoms with van der Waals surface area (Å²) in [6.07, 6.45) is 4.59. The zero-order valence-electron chi connectivity index (χ0n) is 13.5. The van der Waals surface area contributed by atoms with Crippen LogP contribution >= 0.6 is 15.9 Å². The number of halogens is 1. The SMILES string of the molecule is O=C1c2ccccc2C(=O)c2c(NCCCCCCBr)cccc21. The molecule has 0 aliphatic heterocycles. The normalized spacial score (nSPS) is 12.7. The Hall–Kier alpha value is -1.94. The first-order valence-electron chi connectivity index (χ1n) is 8.35. The topological polar surface area (TPSA) is 46.2 Å². The Morgan fingerprint density at radius 2 is 1.42 bits per heavy atom. The van der Waals surface area contributed by atoms with Crippen molar-refractivity contribution in [2.45, 2.75) is 25.7 Å². The highest BCUT2D eigenvalue weighted by atomic mass is 79.9. The smallest absolute Gasteiger partial charge is 0.196 e. The van der Waals surface area contributed by atoms with E-state index in [4.69, 9.17) is 0 Å². The lowest BCUT2D eigenvalue weighted by atomic mass is 9.83. The number of rotatable bonds is 7. The largest absolute Gasteiger partial charge is 0.384 e. The van der Waals surface area contributed by atoms with Gasteiger partial charge in [0.05, 0.1) is 5.56 Å². The summed E-state index contributed by atoms with van der Waals surface area (Å²) in [6.45, 7) is 0.807. The van der Waals surface area contributed by atoms with Gasteiger partial charge in [0.25, 0.3) is 0 Å². The molecule has 0 amide bonds. The number of carbonyl (C=O) groups excluding carboxylic acids is 2. The monoisotopic (exact) mass is 385 g/mol. The Kier molecular flexibility index (Phi) is 5.46. The minimum Gasteiger partial charge on any atom is -0.384 e. The van der Waals surface area contributed by atoms with Crippen LogP contribution in [0.15, 0.2) is 42.5 Å². The van der Waals surface area contributed by atoms with E-state index in [2.05, 4.69) is 21.2 Å². The van der Waals surface area contributed by atoms with Crippen molar-refractivity contribution in [1.82, 2.24) is 0 Å². The zero-order chi connectivity index (χ0) is 16.9. The van der Waals surface area contributed by atoms with Crippen molar-refractivity contribution in [1.29, 1.82) is 0 Å². The van der Waals surface area contributed by atoms with Gasteiger partial charge in [0.1, 0.15) is 0 Å². The number of anilines is 1. The molecule has 0 saturated carbocycles. The third kappa shape index (κ3) is 3.29. The fraction of sp³-hybridized carbons (Fsp3) is 0.300. The lowest BCUT2D eigenvalue weighted by Gasteiger charge is -2.20. The quantitative estimate of drug-likeness (QED) is 0.467. The van der Waals surface area contributed by atoms with Gasteiger partial charge in [0, 0.05) is 34.3 Å². The summed E-state index contributed by atoms with van der Waals surface area (Å²) in [6, 6.07) is 12.5. The number of benzene rings is 2. The van der Waals surface area contributed by atoms with Crippen LogP contribution in [0, 0.1) is 0 Å². The molecule has 0 unspecified atom stereocenters. The molecule has 124 valence electrons. The third-order valence-electron chi connectivity index (χ3n) is 4.33. The minimum absolute atomic E-state index is 0.0670. The van der Waals surface area contributed by atoms with Crippen LogP contribution in [-0.4, -0.2) is 23.4 Å². The first kappa shape index (κ1) is 16.9. The van der Waals surface area contributed by atoms with Gasteiger partial charge in [-0.2, -0.15) is 0 Å². The van der Waals surface area contributed by atoms with Crippen molar-refractivity contribution in [2.75, 3.05) is 17.2 Å². The highest BCUT2D eigenvalue weighted by Crippen LogP contribution is 2.31. The molecule has 0 fully saturated rings. The predicted octanol–water partition coefficient (Wildman–Crippen LogP) is 4.83. The number of unbranched alkanes of at least 4 members (excludes halogenated alkanes) is 3. The second kappa shape index (κ2) is 7.75. The number of carbonyl (C=O) groups is 2. The van der Waals surface area contributed by atoms with Crippen LogP contribution in [0.4, 0.5) is 5.69 Å². The molecule has 0 radical (unpaired) electrons.